The highest BCUT2D eigenvalue weighted by Crippen LogP contribution is 2.28. The fourth-order valence-electron chi connectivity index (χ4n) is 4.25. The van der Waals surface area contributed by atoms with E-state index < -0.39 is 6.10 Å². The van der Waals surface area contributed by atoms with E-state index in [1.54, 1.807) is 36.1 Å². The highest BCUT2D eigenvalue weighted by molar-refractivity contribution is 6.11. The largest absolute Gasteiger partial charge is 0.481 e. The van der Waals surface area contributed by atoms with E-state index in [1.165, 1.54) is 5.56 Å². The van der Waals surface area contributed by atoms with Gasteiger partial charge in [-0.25, -0.2) is 0 Å². The van der Waals surface area contributed by atoms with Gasteiger partial charge in [0, 0.05) is 23.2 Å². The lowest BCUT2D eigenvalue weighted by atomic mass is 9.87. The smallest absolute Gasteiger partial charge is 0.265 e. The van der Waals surface area contributed by atoms with Crippen LogP contribution in [-0.2, 0) is 10.2 Å². The Morgan fingerprint density at radius 3 is 2.16 bits per heavy atom. The van der Waals surface area contributed by atoms with Gasteiger partial charge in [0.05, 0.1) is 5.69 Å². The average Bonchev–Trinajstić information content (AvgIpc) is 2.89. The molecule has 0 aliphatic heterocycles. The van der Waals surface area contributed by atoms with Gasteiger partial charge >= 0.3 is 0 Å². The zero-order valence-corrected chi connectivity index (χ0v) is 22.1. The summed E-state index contributed by atoms with van der Waals surface area (Å²) in [7, 11) is 0. The maximum atomic E-state index is 13.4. The molecule has 190 valence electrons. The van der Waals surface area contributed by atoms with Crippen LogP contribution in [0.25, 0.3) is 10.8 Å². The van der Waals surface area contributed by atoms with Crippen LogP contribution in [-0.4, -0.2) is 24.5 Å². The number of hydrogen-bond acceptors (Lipinski definition) is 3. The molecule has 0 spiro atoms. The average molecular weight is 495 g/mol. The van der Waals surface area contributed by atoms with Crippen molar-refractivity contribution in [2.45, 2.75) is 46.1 Å². The van der Waals surface area contributed by atoms with Gasteiger partial charge in [0.15, 0.2) is 6.10 Å². The summed E-state index contributed by atoms with van der Waals surface area (Å²) in [5.41, 5.74) is 3.29. The zero-order valence-electron chi connectivity index (χ0n) is 22.1. The molecule has 0 aliphatic carbocycles. The lowest BCUT2D eigenvalue weighted by Gasteiger charge is -2.23. The number of hydrogen-bond donors (Lipinski definition) is 1. The number of carbonyl (C=O) groups excluding carboxylic acids is 2. The molecule has 1 N–H and O–H groups in total. The molecule has 0 saturated heterocycles. The van der Waals surface area contributed by atoms with Gasteiger partial charge in [0.25, 0.3) is 11.8 Å². The fraction of sp³-hybridized carbons (Fsp3) is 0.250. The first kappa shape index (κ1) is 26.0. The first-order chi connectivity index (χ1) is 17.7. The number of carbonyl (C=O) groups is 2. The molecule has 37 heavy (non-hydrogen) atoms. The van der Waals surface area contributed by atoms with E-state index in [1.807, 2.05) is 73.7 Å². The minimum absolute atomic E-state index is 0.0537. The molecule has 0 aromatic heterocycles. The van der Waals surface area contributed by atoms with Gasteiger partial charge in [-0.15, -0.1) is 0 Å². The van der Waals surface area contributed by atoms with E-state index in [9.17, 15) is 9.59 Å². The van der Waals surface area contributed by atoms with Gasteiger partial charge in [-0.3, -0.25) is 9.59 Å². The van der Waals surface area contributed by atoms with Crippen LogP contribution >= 0.6 is 0 Å². The van der Waals surface area contributed by atoms with Crippen molar-refractivity contribution in [2.24, 2.45) is 0 Å². The second-order valence-electron chi connectivity index (χ2n) is 10.1. The van der Waals surface area contributed by atoms with Crippen molar-refractivity contribution in [2.75, 3.05) is 16.8 Å². The standard InChI is InChI=1S/C32H34N2O3/c1-6-34(29-13-9-11-23-10-7-8-12-28(23)29)31(36)24-14-18-26(19-15-24)33-30(35)22(2)37-27-20-16-25(17-21-27)32(3,4)5/h7-22H,6H2,1-5H3,(H,33,35). The molecule has 0 heterocycles. The molecule has 4 rings (SSSR count). The number of fused-ring (bicyclic) bond motifs is 1. The van der Waals surface area contributed by atoms with Crippen molar-refractivity contribution in [1.29, 1.82) is 0 Å². The first-order valence-electron chi connectivity index (χ1n) is 12.6. The Morgan fingerprint density at radius 2 is 1.51 bits per heavy atom. The molecule has 1 unspecified atom stereocenters. The molecule has 5 heteroatoms. The quantitative estimate of drug-likeness (QED) is 0.295. The van der Waals surface area contributed by atoms with E-state index in [0.29, 0.717) is 23.5 Å². The van der Waals surface area contributed by atoms with Gasteiger partial charge < -0.3 is 15.0 Å². The molecule has 2 amide bonds. The summed E-state index contributed by atoms with van der Waals surface area (Å²) in [5, 5.41) is 5.00. The van der Waals surface area contributed by atoms with E-state index in [0.717, 1.165) is 16.5 Å². The monoisotopic (exact) mass is 494 g/mol. The van der Waals surface area contributed by atoms with Crippen molar-refractivity contribution in [1.82, 2.24) is 0 Å². The lowest BCUT2D eigenvalue weighted by molar-refractivity contribution is -0.122. The minimum Gasteiger partial charge on any atom is -0.481 e. The maximum absolute atomic E-state index is 13.4. The zero-order chi connectivity index (χ0) is 26.6. The SMILES string of the molecule is CCN(C(=O)c1ccc(NC(=O)C(C)Oc2ccc(C(C)(C)C)cc2)cc1)c1cccc2ccccc12. The molecule has 0 radical (unpaired) electrons. The van der Waals surface area contributed by atoms with Crippen LogP contribution in [0.15, 0.2) is 91.0 Å². The number of benzene rings is 4. The number of nitrogens with zero attached hydrogens (tertiary/aromatic N) is 1. The first-order valence-corrected chi connectivity index (χ1v) is 12.6. The number of rotatable bonds is 7. The summed E-state index contributed by atoms with van der Waals surface area (Å²) >= 11 is 0. The second kappa shape index (κ2) is 10.9. The summed E-state index contributed by atoms with van der Waals surface area (Å²) < 4.78 is 5.84. The topological polar surface area (TPSA) is 58.6 Å². The highest BCUT2D eigenvalue weighted by Gasteiger charge is 2.20. The summed E-state index contributed by atoms with van der Waals surface area (Å²) in [4.78, 5) is 27.9. The van der Waals surface area contributed by atoms with E-state index in [2.05, 4.69) is 26.1 Å². The van der Waals surface area contributed by atoms with Crippen molar-refractivity contribution >= 4 is 34.0 Å². The van der Waals surface area contributed by atoms with E-state index in [4.69, 9.17) is 4.74 Å². The number of amides is 2. The summed E-state index contributed by atoms with van der Waals surface area (Å²) in [6, 6.07) is 28.8. The van der Waals surface area contributed by atoms with Gasteiger partial charge in [-0.1, -0.05) is 69.3 Å². The highest BCUT2D eigenvalue weighted by atomic mass is 16.5. The Labute approximate surface area is 219 Å². The molecule has 4 aromatic rings. The summed E-state index contributed by atoms with van der Waals surface area (Å²) in [5.74, 6) is 0.293. The van der Waals surface area contributed by atoms with Crippen LogP contribution in [0.4, 0.5) is 11.4 Å². The Kier molecular flexibility index (Phi) is 7.63. The normalized spacial score (nSPS) is 12.1. The molecule has 4 aromatic carbocycles. The van der Waals surface area contributed by atoms with Crippen LogP contribution in [0.2, 0.25) is 0 Å². The third-order valence-electron chi connectivity index (χ3n) is 6.42. The maximum Gasteiger partial charge on any atom is 0.265 e. The van der Waals surface area contributed by atoms with Gasteiger partial charge in [0.2, 0.25) is 0 Å². The molecule has 5 nitrogen and oxygen atoms in total. The van der Waals surface area contributed by atoms with Gasteiger partial charge in [-0.05, 0) is 72.7 Å². The Morgan fingerprint density at radius 1 is 0.865 bits per heavy atom. The molecule has 1 atom stereocenters. The molecular weight excluding hydrogens is 460 g/mol. The van der Waals surface area contributed by atoms with Crippen LogP contribution < -0.4 is 15.0 Å². The third kappa shape index (κ3) is 6.00. The molecule has 0 fully saturated rings. The predicted molar refractivity (Wildman–Crippen MR) is 152 cm³/mol. The summed E-state index contributed by atoms with van der Waals surface area (Å²) in [6.45, 7) is 10.7. The number of anilines is 2. The van der Waals surface area contributed by atoms with Crippen molar-refractivity contribution < 1.29 is 14.3 Å². The van der Waals surface area contributed by atoms with Crippen LogP contribution in [0.3, 0.4) is 0 Å². The van der Waals surface area contributed by atoms with Crippen LogP contribution in [0, 0.1) is 0 Å². The fourth-order valence-corrected chi connectivity index (χ4v) is 4.25. The Bertz CT molecular complexity index is 1380. The molecule has 0 aliphatic rings. The Balaban J connectivity index is 1.42. The molecule has 0 saturated carbocycles. The van der Waals surface area contributed by atoms with Crippen molar-refractivity contribution in [3.8, 4) is 5.75 Å². The Hall–Kier alpha value is -4.12. The predicted octanol–water partition coefficient (Wildman–Crippen LogP) is 7.21. The van der Waals surface area contributed by atoms with E-state index in [-0.39, 0.29) is 17.2 Å². The van der Waals surface area contributed by atoms with Crippen LogP contribution in [0.1, 0.15) is 50.5 Å². The van der Waals surface area contributed by atoms with Crippen LogP contribution in [0.5, 0.6) is 5.75 Å². The van der Waals surface area contributed by atoms with Gasteiger partial charge in [-0.2, -0.15) is 0 Å². The molecular formula is C32H34N2O3. The number of nitrogens with one attached hydrogen (secondary N) is 1. The van der Waals surface area contributed by atoms with E-state index >= 15 is 0 Å². The molecule has 0 bridgehead atoms. The van der Waals surface area contributed by atoms with Crippen molar-refractivity contribution in [3.63, 3.8) is 0 Å². The van der Waals surface area contributed by atoms with Gasteiger partial charge in [0.1, 0.15) is 5.75 Å². The summed E-state index contributed by atoms with van der Waals surface area (Å²) in [6.07, 6.45) is -0.677. The number of ether oxygens (including phenoxy) is 1. The minimum atomic E-state index is -0.677. The lowest BCUT2D eigenvalue weighted by Crippen LogP contribution is -2.31. The third-order valence-corrected chi connectivity index (χ3v) is 6.42. The second-order valence-corrected chi connectivity index (χ2v) is 10.1. The van der Waals surface area contributed by atoms with Crippen molar-refractivity contribution in [3.05, 3.63) is 102 Å².